The van der Waals surface area contributed by atoms with Crippen molar-refractivity contribution in [2.75, 3.05) is 5.73 Å². The van der Waals surface area contributed by atoms with Crippen LogP contribution in [0.2, 0.25) is 0 Å². The fourth-order valence-corrected chi connectivity index (χ4v) is 3.14. The molecule has 96 valence electrons. The van der Waals surface area contributed by atoms with Gasteiger partial charge >= 0.3 is 0 Å². The van der Waals surface area contributed by atoms with Crippen LogP contribution in [0.5, 0.6) is 0 Å². The van der Waals surface area contributed by atoms with E-state index in [9.17, 15) is 0 Å². The van der Waals surface area contributed by atoms with E-state index in [1.54, 1.807) is 0 Å². The average Bonchev–Trinajstić information content (AvgIpc) is 2.65. The molecule has 1 aliphatic carbocycles. The van der Waals surface area contributed by atoms with Crippen molar-refractivity contribution in [1.29, 1.82) is 0 Å². The molecule has 2 N–H and O–H groups in total. The molecule has 3 rings (SSSR count). The largest absolute Gasteiger partial charge is 0.369 e. The zero-order chi connectivity index (χ0) is 12.4. The lowest BCUT2D eigenvalue weighted by Crippen LogP contribution is -2.13. The summed E-state index contributed by atoms with van der Waals surface area (Å²) in [6, 6.07) is 8.82. The Labute approximate surface area is 108 Å². The third-order valence-electron chi connectivity index (χ3n) is 4.06. The fourth-order valence-electron chi connectivity index (χ4n) is 3.14. The van der Waals surface area contributed by atoms with Gasteiger partial charge in [0.05, 0.1) is 11.0 Å². The molecule has 0 saturated heterocycles. The number of imidazole rings is 1. The first kappa shape index (κ1) is 11.6. The number of hydrogen-bond donors (Lipinski definition) is 1. The van der Waals surface area contributed by atoms with E-state index in [1.165, 1.54) is 50.5 Å². The van der Waals surface area contributed by atoms with E-state index >= 15 is 0 Å². The van der Waals surface area contributed by atoms with Crippen molar-refractivity contribution >= 4 is 17.0 Å². The molecule has 1 heterocycles. The molecule has 0 radical (unpaired) electrons. The molecule has 0 amide bonds. The zero-order valence-corrected chi connectivity index (χ0v) is 10.8. The second kappa shape index (κ2) is 5.01. The van der Waals surface area contributed by atoms with E-state index < -0.39 is 0 Å². The molecule has 2 aromatic rings. The summed E-state index contributed by atoms with van der Waals surface area (Å²) in [6.07, 6.45) is 9.24. The first-order valence-electron chi connectivity index (χ1n) is 7.09. The Kier molecular flexibility index (Phi) is 3.22. The van der Waals surface area contributed by atoms with Gasteiger partial charge in [0.2, 0.25) is 5.95 Å². The Hall–Kier alpha value is -1.51. The molecule has 0 atom stereocenters. The first-order valence-corrected chi connectivity index (χ1v) is 7.09. The number of fused-ring (bicyclic) bond motifs is 1. The molecule has 1 fully saturated rings. The van der Waals surface area contributed by atoms with Crippen LogP contribution in [0.15, 0.2) is 24.3 Å². The van der Waals surface area contributed by atoms with E-state index in [0.717, 1.165) is 5.52 Å². The summed E-state index contributed by atoms with van der Waals surface area (Å²) >= 11 is 0. The molecule has 1 aliphatic rings. The van der Waals surface area contributed by atoms with E-state index in [2.05, 4.69) is 21.7 Å². The lowest BCUT2D eigenvalue weighted by Gasteiger charge is -2.22. The maximum Gasteiger partial charge on any atom is 0.201 e. The summed E-state index contributed by atoms with van der Waals surface area (Å²) in [7, 11) is 0. The van der Waals surface area contributed by atoms with Crippen LogP contribution in [0.4, 0.5) is 5.95 Å². The van der Waals surface area contributed by atoms with Gasteiger partial charge in [-0.3, -0.25) is 0 Å². The minimum atomic E-state index is 0.540. The van der Waals surface area contributed by atoms with Gasteiger partial charge in [0.25, 0.3) is 0 Å². The number of nitrogen functional groups attached to an aromatic ring is 1. The van der Waals surface area contributed by atoms with E-state index in [0.29, 0.717) is 12.0 Å². The monoisotopic (exact) mass is 243 g/mol. The summed E-state index contributed by atoms with van der Waals surface area (Å²) < 4.78 is 2.26. The van der Waals surface area contributed by atoms with Crippen molar-refractivity contribution in [3.8, 4) is 0 Å². The molecule has 3 nitrogen and oxygen atoms in total. The molecular weight excluding hydrogens is 222 g/mol. The molecule has 1 saturated carbocycles. The molecule has 1 aromatic carbocycles. The Morgan fingerprint density at radius 1 is 1.00 bits per heavy atom. The molecule has 0 bridgehead atoms. The predicted octanol–water partition coefficient (Wildman–Crippen LogP) is 3.90. The van der Waals surface area contributed by atoms with Gasteiger partial charge in [-0.2, -0.15) is 0 Å². The van der Waals surface area contributed by atoms with Crippen molar-refractivity contribution in [2.45, 2.75) is 51.0 Å². The minimum Gasteiger partial charge on any atom is -0.369 e. The summed E-state index contributed by atoms with van der Waals surface area (Å²) in [4.78, 5) is 4.48. The number of rotatable bonds is 1. The van der Waals surface area contributed by atoms with Crippen LogP contribution in [0.25, 0.3) is 11.0 Å². The quantitative estimate of drug-likeness (QED) is 0.825. The molecule has 1 aromatic heterocycles. The maximum absolute atomic E-state index is 6.13. The molecule has 0 spiro atoms. The number of hydrogen-bond acceptors (Lipinski definition) is 2. The Morgan fingerprint density at radius 2 is 1.67 bits per heavy atom. The lowest BCUT2D eigenvalue weighted by molar-refractivity contribution is 0.381. The van der Waals surface area contributed by atoms with Crippen molar-refractivity contribution < 1.29 is 0 Å². The van der Waals surface area contributed by atoms with Crippen LogP contribution in [-0.4, -0.2) is 9.55 Å². The highest BCUT2D eigenvalue weighted by Gasteiger charge is 2.18. The normalized spacial score (nSPS) is 18.7. The number of anilines is 1. The third-order valence-corrected chi connectivity index (χ3v) is 4.06. The topological polar surface area (TPSA) is 43.8 Å². The molecule has 0 aliphatic heterocycles. The molecule has 0 unspecified atom stereocenters. The van der Waals surface area contributed by atoms with Crippen LogP contribution in [-0.2, 0) is 0 Å². The Balaban J connectivity index is 1.98. The van der Waals surface area contributed by atoms with Gasteiger partial charge in [0, 0.05) is 6.04 Å². The highest BCUT2D eigenvalue weighted by molar-refractivity contribution is 5.78. The van der Waals surface area contributed by atoms with Crippen LogP contribution in [0.3, 0.4) is 0 Å². The second-order valence-electron chi connectivity index (χ2n) is 5.33. The van der Waals surface area contributed by atoms with Crippen LogP contribution in [0.1, 0.15) is 51.0 Å². The van der Waals surface area contributed by atoms with Crippen molar-refractivity contribution in [1.82, 2.24) is 9.55 Å². The number of nitrogens with two attached hydrogens (primary N) is 1. The van der Waals surface area contributed by atoms with E-state index in [1.807, 2.05) is 12.1 Å². The number of benzene rings is 1. The van der Waals surface area contributed by atoms with Gasteiger partial charge in [-0.1, -0.05) is 44.2 Å². The smallest absolute Gasteiger partial charge is 0.201 e. The SMILES string of the molecule is Nc1nc2ccccc2n1C1CCCCCCC1. The van der Waals surface area contributed by atoms with Gasteiger partial charge < -0.3 is 10.3 Å². The first-order chi connectivity index (χ1) is 8.86. The number of aromatic nitrogens is 2. The van der Waals surface area contributed by atoms with E-state index in [-0.39, 0.29) is 0 Å². The maximum atomic E-state index is 6.13. The zero-order valence-electron chi connectivity index (χ0n) is 10.8. The second-order valence-corrected chi connectivity index (χ2v) is 5.33. The third kappa shape index (κ3) is 2.09. The summed E-state index contributed by atoms with van der Waals surface area (Å²) in [5, 5.41) is 0. The number of para-hydroxylation sites is 2. The van der Waals surface area contributed by atoms with E-state index in [4.69, 9.17) is 5.73 Å². The predicted molar refractivity (Wildman–Crippen MR) is 75.5 cm³/mol. The highest BCUT2D eigenvalue weighted by Crippen LogP contribution is 2.31. The lowest BCUT2D eigenvalue weighted by atomic mass is 9.96. The van der Waals surface area contributed by atoms with Gasteiger partial charge in [0.15, 0.2) is 0 Å². The van der Waals surface area contributed by atoms with Crippen LogP contribution >= 0.6 is 0 Å². The summed E-state index contributed by atoms with van der Waals surface area (Å²) in [5.41, 5.74) is 8.35. The molecule has 18 heavy (non-hydrogen) atoms. The molecule has 3 heteroatoms. The van der Waals surface area contributed by atoms with Gasteiger partial charge in [0.1, 0.15) is 0 Å². The van der Waals surface area contributed by atoms with Crippen LogP contribution in [0, 0.1) is 0 Å². The van der Waals surface area contributed by atoms with Crippen LogP contribution < -0.4 is 5.73 Å². The Bertz CT molecular complexity index is 522. The van der Waals surface area contributed by atoms with Gasteiger partial charge in [-0.05, 0) is 25.0 Å². The Morgan fingerprint density at radius 3 is 2.44 bits per heavy atom. The van der Waals surface area contributed by atoms with Crippen molar-refractivity contribution in [3.05, 3.63) is 24.3 Å². The fraction of sp³-hybridized carbons (Fsp3) is 0.533. The highest BCUT2D eigenvalue weighted by atomic mass is 15.2. The van der Waals surface area contributed by atoms with Crippen molar-refractivity contribution in [3.63, 3.8) is 0 Å². The molecular formula is C15H21N3. The standard InChI is InChI=1S/C15H21N3/c16-15-17-13-10-6-7-11-14(13)18(15)12-8-4-2-1-3-5-9-12/h6-7,10-12H,1-5,8-9H2,(H2,16,17). The summed E-state index contributed by atoms with van der Waals surface area (Å²) in [5.74, 6) is 0.682. The number of nitrogens with zero attached hydrogens (tertiary/aromatic N) is 2. The average molecular weight is 243 g/mol. The van der Waals surface area contributed by atoms with Gasteiger partial charge in [-0.25, -0.2) is 4.98 Å². The van der Waals surface area contributed by atoms with Crippen molar-refractivity contribution in [2.24, 2.45) is 0 Å². The van der Waals surface area contributed by atoms with Gasteiger partial charge in [-0.15, -0.1) is 0 Å². The summed E-state index contributed by atoms with van der Waals surface area (Å²) in [6.45, 7) is 0. The minimum absolute atomic E-state index is 0.540.